The molecule has 2 amide bonds. The van der Waals surface area contributed by atoms with Gasteiger partial charge in [-0.3, -0.25) is 9.59 Å². The van der Waals surface area contributed by atoms with Crippen molar-refractivity contribution in [1.82, 2.24) is 15.2 Å². The topological polar surface area (TPSA) is 71.5 Å². The van der Waals surface area contributed by atoms with Gasteiger partial charge in [-0.15, -0.1) is 0 Å². The average Bonchev–Trinajstić information content (AvgIpc) is 2.47. The van der Waals surface area contributed by atoms with Crippen LogP contribution in [0.15, 0.2) is 12.1 Å². The Bertz CT molecular complexity index is 510. The Hall–Kier alpha value is -1.66. The van der Waals surface area contributed by atoms with Crippen LogP contribution >= 0.6 is 11.6 Å². The summed E-state index contributed by atoms with van der Waals surface area (Å²) in [7, 11) is 0. The highest BCUT2D eigenvalue weighted by Crippen LogP contribution is 2.10. The quantitative estimate of drug-likeness (QED) is 0.843. The zero-order chi connectivity index (χ0) is 15.2. The normalized spacial score (nSPS) is 14.9. The molecular formula is C14H18ClN3O3. The van der Waals surface area contributed by atoms with Gasteiger partial charge in [0, 0.05) is 37.3 Å². The summed E-state index contributed by atoms with van der Waals surface area (Å²) in [5.74, 6) is -0.222. The van der Waals surface area contributed by atoms with Gasteiger partial charge in [0.2, 0.25) is 5.91 Å². The Kier molecular flexibility index (Phi) is 5.52. The van der Waals surface area contributed by atoms with Crippen molar-refractivity contribution in [2.45, 2.75) is 13.3 Å². The maximum atomic E-state index is 12.0. The molecule has 0 aliphatic carbocycles. The van der Waals surface area contributed by atoms with Crippen molar-refractivity contribution in [2.75, 3.05) is 32.8 Å². The lowest BCUT2D eigenvalue weighted by molar-refractivity contribution is -0.135. The molecule has 1 aromatic rings. The fraction of sp³-hybridized carbons (Fsp3) is 0.500. The molecule has 0 spiro atoms. The summed E-state index contributed by atoms with van der Waals surface area (Å²) in [4.78, 5) is 29.6. The van der Waals surface area contributed by atoms with E-state index in [-0.39, 0.29) is 23.4 Å². The predicted molar refractivity (Wildman–Crippen MR) is 78.3 cm³/mol. The molecule has 2 heterocycles. The zero-order valence-corrected chi connectivity index (χ0v) is 12.7. The van der Waals surface area contributed by atoms with E-state index in [2.05, 4.69) is 10.3 Å². The number of nitrogens with one attached hydrogen (secondary N) is 1. The van der Waals surface area contributed by atoms with Crippen LogP contribution in [0.1, 0.15) is 22.5 Å². The molecule has 6 nitrogen and oxygen atoms in total. The first-order valence-electron chi connectivity index (χ1n) is 6.84. The molecule has 7 heteroatoms. The van der Waals surface area contributed by atoms with Crippen LogP contribution in [0.2, 0.25) is 5.15 Å². The van der Waals surface area contributed by atoms with Gasteiger partial charge in [0.05, 0.1) is 13.2 Å². The summed E-state index contributed by atoms with van der Waals surface area (Å²) in [5, 5.41) is 3.00. The molecule has 1 aliphatic rings. The van der Waals surface area contributed by atoms with Gasteiger partial charge in [-0.2, -0.15) is 0 Å². The Morgan fingerprint density at radius 1 is 1.38 bits per heavy atom. The van der Waals surface area contributed by atoms with Crippen LogP contribution < -0.4 is 5.32 Å². The smallest absolute Gasteiger partial charge is 0.251 e. The molecule has 0 unspecified atom stereocenters. The Balaban J connectivity index is 1.79. The minimum Gasteiger partial charge on any atom is -0.378 e. The third kappa shape index (κ3) is 4.68. The molecule has 1 aliphatic heterocycles. The maximum absolute atomic E-state index is 12.0. The molecule has 0 saturated carbocycles. The molecule has 0 aromatic carbocycles. The number of morpholine rings is 1. The highest BCUT2D eigenvalue weighted by atomic mass is 35.5. The summed E-state index contributed by atoms with van der Waals surface area (Å²) in [6.45, 7) is 4.45. The van der Waals surface area contributed by atoms with E-state index in [9.17, 15) is 9.59 Å². The first kappa shape index (κ1) is 15.7. The van der Waals surface area contributed by atoms with Crippen LogP contribution in [0.25, 0.3) is 0 Å². The van der Waals surface area contributed by atoms with E-state index in [4.69, 9.17) is 16.3 Å². The van der Waals surface area contributed by atoms with Crippen molar-refractivity contribution in [2.24, 2.45) is 0 Å². The number of aryl methyl sites for hydroxylation is 1. The molecule has 2 rings (SSSR count). The average molecular weight is 312 g/mol. The first-order valence-corrected chi connectivity index (χ1v) is 7.22. The van der Waals surface area contributed by atoms with Crippen molar-refractivity contribution < 1.29 is 14.3 Å². The van der Waals surface area contributed by atoms with E-state index in [0.717, 1.165) is 0 Å². The van der Waals surface area contributed by atoms with Crippen LogP contribution in [0.4, 0.5) is 0 Å². The molecule has 1 N–H and O–H groups in total. The van der Waals surface area contributed by atoms with Crippen molar-refractivity contribution in [3.05, 3.63) is 28.5 Å². The molecular weight excluding hydrogens is 294 g/mol. The van der Waals surface area contributed by atoms with E-state index in [1.165, 1.54) is 6.07 Å². The molecule has 21 heavy (non-hydrogen) atoms. The van der Waals surface area contributed by atoms with Crippen LogP contribution in [0, 0.1) is 6.92 Å². The van der Waals surface area contributed by atoms with Crippen molar-refractivity contribution in [3.63, 3.8) is 0 Å². The second kappa shape index (κ2) is 7.38. The van der Waals surface area contributed by atoms with Crippen molar-refractivity contribution in [1.29, 1.82) is 0 Å². The van der Waals surface area contributed by atoms with E-state index in [0.29, 0.717) is 44.1 Å². The summed E-state index contributed by atoms with van der Waals surface area (Å²) < 4.78 is 5.19. The van der Waals surface area contributed by atoms with E-state index < -0.39 is 0 Å². The summed E-state index contributed by atoms with van der Waals surface area (Å²) >= 11 is 5.82. The third-order valence-corrected chi connectivity index (χ3v) is 3.37. The van der Waals surface area contributed by atoms with E-state index >= 15 is 0 Å². The Morgan fingerprint density at radius 3 is 2.76 bits per heavy atom. The lowest BCUT2D eigenvalue weighted by atomic mass is 10.2. The van der Waals surface area contributed by atoms with E-state index in [1.54, 1.807) is 17.9 Å². The van der Waals surface area contributed by atoms with Gasteiger partial charge in [-0.25, -0.2) is 4.98 Å². The summed E-state index contributed by atoms with van der Waals surface area (Å²) in [5.41, 5.74) is 1.13. The molecule has 0 atom stereocenters. The standard InChI is InChI=1S/C14H18ClN3O3/c1-10-8-11(9-12(15)17-10)14(20)16-3-2-13(19)18-4-6-21-7-5-18/h8-9H,2-7H2,1H3,(H,16,20). The highest BCUT2D eigenvalue weighted by molar-refractivity contribution is 6.29. The number of amides is 2. The first-order chi connectivity index (χ1) is 10.1. The number of carbonyl (C=O) groups is 2. The van der Waals surface area contributed by atoms with Gasteiger partial charge in [0.15, 0.2) is 0 Å². The Morgan fingerprint density at radius 2 is 2.10 bits per heavy atom. The molecule has 1 fully saturated rings. The fourth-order valence-electron chi connectivity index (χ4n) is 2.12. The molecule has 1 aromatic heterocycles. The van der Waals surface area contributed by atoms with Gasteiger partial charge in [-0.1, -0.05) is 11.6 Å². The lowest BCUT2D eigenvalue weighted by Crippen LogP contribution is -2.42. The summed E-state index contributed by atoms with van der Waals surface area (Å²) in [6, 6.07) is 3.17. The number of halogens is 1. The molecule has 0 radical (unpaired) electrons. The van der Waals surface area contributed by atoms with Crippen molar-refractivity contribution in [3.8, 4) is 0 Å². The number of carbonyl (C=O) groups excluding carboxylic acids is 2. The van der Waals surface area contributed by atoms with Crippen LogP contribution in [-0.2, 0) is 9.53 Å². The largest absolute Gasteiger partial charge is 0.378 e. The van der Waals surface area contributed by atoms with Gasteiger partial charge < -0.3 is 15.0 Å². The minimum atomic E-state index is -0.253. The van der Waals surface area contributed by atoms with Gasteiger partial charge in [0.1, 0.15) is 5.15 Å². The number of rotatable bonds is 4. The minimum absolute atomic E-state index is 0.0301. The van der Waals surface area contributed by atoms with Crippen molar-refractivity contribution >= 4 is 23.4 Å². The van der Waals surface area contributed by atoms with Gasteiger partial charge >= 0.3 is 0 Å². The van der Waals surface area contributed by atoms with Crippen LogP contribution in [0.5, 0.6) is 0 Å². The van der Waals surface area contributed by atoms with Crippen LogP contribution in [0.3, 0.4) is 0 Å². The number of aromatic nitrogens is 1. The summed E-state index contributed by atoms with van der Waals surface area (Å²) in [6.07, 6.45) is 0.281. The Labute approximate surface area is 128 Å². The third-order valence-electron chi connectivity index (χ3n) is 3.17. The monoisotopic (exact) mass is 311 g/mol. The lowest BCUT2D eigenvalue weighted by Gasteiger charge is -2.26. The predicted octanol–water partition coefficient (Wildman–Crippen LogP) is 1.02. The molecule has 114 valence electrons. The number of ether oxygens (including phenoxy) is 1. The van der Waals surface area contributed by atoms with Crippen LogP contribution in [-0.4, -0.2) is 54.5 Å². The van der Waals surface area contributed by atoms with E-state index in [1.807, 2.05) is 0 Å². The molecule has 1 saturated heterocycles. The van der Waals surface area contributed by atoms with Gasteiger partial charge in [-0.05, 0) is 19.1 Å². The number of pyridine rings is 1. The number of hydrogen-bond acceptors (Lipinski definition) is 4. The SMILES string of the molecule is Cc1cc(C(=O)NCCC(=O)N2CCOCC2)cc(Cl)n1. The second-order valence-corrected chi connectivity index (χ2v) is 5.21. The fourth-order valence-corrected chi connectivity index (χ4v) is 2.37. The number of hydrogen-bond donors (Lipinski definition) is 1. The second-order valence-electron chi connectivity index (χ2n) is 4.82. The maximum Gasteiger partial charge on any atom is 0.251 e. The number of nitrogens with zero attached hydrogens (tertiary/aromatic N) is 2. The zero-order valence-electron chi connectivity index (χ0n) is 11.9. The highest BCUT2D eigenvalue weighted by Gasteiger charge is 2.16. The molecule has 0 bridgehead atoms. The van der Waals surface area contributed by atoms with Gasteiger partial charge in [0.25, 0.3) is 5.91 Å².